The minimum Gasteiger partial charge on any atom is -0.334 e. The quantitative estimate of drug-likeness (QED) is 0.898. The number of hydrogen-bond donors (Lipinski definition) is 1. The smallest absolute Gasteiger partial charge is 0.254 e. The molecule has 3 nitrogen and oxygen atoms in total. The summed E-state index contributed by atoms with van der Waals surface area (Å²) in [5.74, 6) is 0.810. The van der Waals surface area contributed by atoms with E-state index in [2.05, 4.69) is 43.1 Å². The molecule has 1 atom stereocenters. The van der Waals surface area contributed by atoms with E-state index in [-0.39, 0.29) is 11.3 Å². The van der Waals surface area contributed by atoms with E-state index >= 15 is 0 Å². The van der Waals surface area contributed by atoms with Crippen molar-refractivity contribution in [2.24, 2.45) is 5.41 Å². The molecule has 132 valence electrons. The molecule has 3 heteroatoms. The van der Waals surface area contributed by atoms with Crippen LogP contribution in [-0.4, -0.2) is 36.5 Å². The lowest BCUT2D eigenvalue weighted by molar-refractivity contribution is 0.0613. The van der Waals surface area contributed by atoms with Crippen LogP contribution in [0.3, 0.4) is 0 Å². The van der Waals surface area contributed by atoms with Crippen molar-refractivity contribution in [1.82, 2.24) is 10.2 Å². The Morgan fingerprint density at radius 2 is 1.88 bits per heavy atom. The number of hydrogen-bond acceptors (Lipinski definition) is 2. The average molecular weight is 329 g/mol. The molecule has 2 fully saturated rings. The van der Waals surface area contributed by atoms with Crippen LogP contribution in [0.2, 0.25) is 0 Å². The maximum Gasteiger partial charge on any atom is 0.254 e. The molecule has 1 saturated carbocycles. The molecule has 1 aromatic rings. The molecule has 1 saturated heterocycles. The molecule has 1 aliphatic carbocycles. The summed E-state index contributed by atoms with van der Waals surface area (Å²) in [6.07, 6.45) is 6.12. The second-order valence-corrected chi connectivity index (χ2v) is 8.71. The van der Waals surface area contributed by atoms with E-state index in [0.29, 0.717) is 12.0 Å². The number of amides is 1. The van der Waals surface area contributed by atoms with Crippen LogP contribution in [0.15, 0.2) is 24.3 Å². The number of rotatable bonds is 4. The lowest BCUT2D eigenvalue weighted by atomic mass is 9.90. The lowest BCUT2D eigenvalue weighted by Gasteiger charge is -2.35. The van der Waals surface area contributed by atoms with Gasteiger partial charge in [-0.25, -0.2) is 0 Å². The average Bonchev–Trinajstić information content (AvgIpc) is 3.24. The molecular weight excluding hydrogens is 296 g/mol. The van der Waals surface area contributed by atoms with Gasteiger partial charge in [0.1, 0.15) is 0 Å². The zero-order valence-electron chi connectivity index (χ0n) is 15.5. The Hall–Kier alpha value is -1.35. The Morgan fingerprint density at radius 3 is 2.50 bits per heavy atom. The number of carbonyl (C=O) groups is 1. The van der Waals surface area contributed by atoms with Crippen molar-refractivity contribution in [2.75, 3.05) is 19.6 Å². The van der Waals surface area contributed by atoms with Gasteiger partial charge in [-0.05, 0) is 48.8 Å². The normalized spacial score (nSPS) is 22.0. The fourth-order valence-electron chi connectivity index (χ4n) is 4.22. The van der Waals surface area contributed by atoms with Gasteiger partial charge >= 0.3 is 0 Å². The standard InChI is InChI=1S/C21H32N2O/c1-21(2,3)15-23(17-12-13-22-14-17)20(24)19-11-7-6-10-18(19)16-8-4-5-9-16/h6-7,10-11,16-17,22H,4-5,8-9,12-15H2,1-3H3. The van der Waals surface area contributed by atoms with Crippen LogP contribution >= 0.6 is 0 Å². The summed E-state index contributed by atoms with van der Waals surface area (Å²) in [6, 6.07) is 8.68. The summed E-state index contributed by atoms with van der Waals surface area (Å²) in [7, 11) is 0. The fourth-order valence-corrected chi connectivity index (χ4v) is 4.22. The topological polar surface area (TPSA) is 32.3 Å². The van der Waals surface area contributed by atoms with Crippen molar-refractivity contribution in [3.05, 3.63) is 35.4 Å². The Balaban J connectivity index is 1.89. The Labute approximate surface area is 146 Å². The summed E-state index contributed by atoms with van der Waals surface area (Å²) < 4.78 is 0. The molecule has 1 aliphatic heterocycles. The zero-order chi connectivity index (χ0) is 17.2. The largest absolute Gasteiger partial charge is 0.334 e. The van der Waals surface area contributed by atoms with E-state index in [1.807, 2.05) is 12.1 Å². The van der Waals surface area contributed by atoms with E-state index in [4.69, 9.17) is 0 Å². The second-order valence-electron chi connectivity index (χ2n) is 8.71. The molecule has 1 unspecified atom stereocenters. The molecule has 1 N–H and O–H groups in total. The van der Waals surface area contributed by atoms with Gasteiger partial charge in [0.2, 0.25) is 0 Å². The molecule has 24 heavy (non-hydrogen) atoms. The molecule has 2 aliphatic rings. The maximum absolute atomic E-state index is 13.5. The van der Waals surface area contributed by atoms with Crippen LogP contribution in [0.5, 0.6) is 0 Å². The summed E-state index contributed by atoms with van der Waals surface area (Å²) in [4.78, 5) is 15.6. The zero-order valence-corrected chi connectivity index (χ0v) is 15.5. The third-order valence-electron chi connectivity index (χ3n) is 5.37. The van der Waals surface area contributed by atoms with Crippen molar-refractivity contribution in [2.45, 2.75) is 64.8 Å². The number of nitrogens with zero attached hydrogens (tertiary/aromatic N) is 1. The SMILES string of the molecule is CC(C)(C)CN(C(=O)c1ccccc1C1CCCC1)C1CCNC1. The van der Waals surface area contributed by atoms with E-state index in [0.717, 1.165) is 31.6 Å². The van der Waals surface area contributed by atoms with Crippen molar-refractivity contribution in [3.63, 3.8) is 0 Å². The molecule has 3 rings (SSSR count). The molecule has 1 heterocycles. The molecule has 0 spiro atoms. The van der Waals surface area contributed by atoms with Crippen LogP contribution in [0.4, 0.5) is 0 Å². The van der Waals surface area contributed by atoms with E-state index in [1.165, 1.54) is 31.2 Å². The summed E-state index contributed by atoms with van der Waals surface area (Å²) in [5, 5.41) is 3.42. The number of benzene rings is 1. The third-order valence-corrected chi connectivity index (χ3v) is 5.37. The van der Waals surface area contributed by atoms with Crippen LogP contribution in [-0.2, 0) is 0 Å². The fraction of sp³-hybridized carbons (Fsp3) is 0.667. The van der Waals surface area contributed by atoms with Crippen molar-refractivity contribution < 1.29 is 4.79 Å². The van der Waals surface area contributed by atoms with E-state index < -0.39 is 0 Å². The number of carbonyl (C=O) groups excluding carboxylic acids is 1. The van der Waals surface area contributed by atoms with Gasteiger partial charge in [0.25, 0.3) is 5.91 Å². The van der Waals surface area contributed by atoms with Crippen LogP contribution in [0.1, 0.15) is 74.7 Å². The molecule has 1 amide bonds. The Bertz CT molecular complexity index is 563. The van der Waals surface area contributed by atoms with Gasteiger partial charge in [0.05, 0.1) is 0 Å². The lowest BCUT2D eigenvalue weighted by Crippen LogP contribution is -2.46. The first-order valence-corrected chi connectivity index (χ1v) is 9.56. The molecule has 0 bridgehead atoms. The van der Waals surface area contributed by atoms with Gasteiger partial charge in [0, 0.05) is 24.7 Å². The third kappa shape index (κ3) is 4.00. The van der Waals surface area contributed by atoms with Gasteiger partial charge in [0.15, 0.2) is 0 Å². The molecule has 0 aromatic heterocycles. The highest BCUT2D eigenvalue weighted by Gasteiger charge is 2.32. The highest BCUT2D eigenvalue weighted by molar-refractivity contribution is 5.96. The van der Waals surface area contributed by atoms with Gasteiger partial charge in [-0.2, -0.15) is 0 Å². The van der Waals surface area contributed by atoms with Crippen LogP contribution in [0, 0.1) is 5.41 Å². The van der Waals surface area contributed by atoms with Gasteiger partial charge in [-0.3, -0.25) is 4.79 Å². The van der Waals surface area contributed by atoms with Crippen molar-refractivity contribution >= 4 is 5.91 Å². The first-order chi connectivity index (χ1) is 11.5. The first-order valence-electron chi connectivity index (χ1n) is 9.56. The summed E-state index contributed by atoms with van der Waals surface area (Å²) >= 11 is 0. The molecular formula is C21H32N2O. The maximum atomic E-state index is 13.5. The molecule has 0 radical (unpaired) electrons. The van der Waals surface area contributed by atoms with Gasteiger partial charge in [-0.1, -0.05) is 51.8 Å². The van der Waals surface area contributed by atoms with Crippen molar-refractivity contribution in [3.8, 4) is 0 Å². The predicted molar refractivity (Wildman–Crippen MR) is 99.4 cm³/mol. The molecule has 1 aromatic carbocycles. The minimum absolute atomic E-state index is 0.112. The van der Waals surface area contributed by atoms with E-state index in [1.54, 1.807) is 0 Å². The predicted octanol–water partition coefficient (Wildman–Crippen LogP) is 4.19. The van der Waals surface area contributed by atoms with Gasteiger partial charge < -0.3 is 10.2 Å². The Morgan fingerprint density at radius 1 is 1.17 bits per heavy atom. The second kappa shape index (κ2) is 7.26. The monoisotopic (exact) mass is 328 g/mol. The van der Waals surface area contributed by atoms with Crippen molar-refractivity contribution in [1.29, 1.82) is 0 Å². The number of nitrogens with one attached hydrogen (secondary N) is 1. The van der Waals surface area contributed by atoms with Crippen LogP contribution in [0.25, 0.3) is 0 Å². The van der Waals surface area contributed by atoms with E-state index in [9.17, 15) is 4.79 Å². The van der Waals surface area contributed by atoms with Gasteiger partial charge in [-0.15, -0.1) is 0 Å². The summed E-state index contributed by atoms with van der Waals surface area (Å²) in [6.45, 7) is 9.42. The minimum atomic E-state index is 0.112. The van der Waals surface area contributed by atoms with Crippen LogP contribution < -0.4 is 5.32 Å². The first kappa shape index (κ1) is 17.5. The highest BCUT2D eigenvalue weighted by Crippen LogP contribution is 2.36. The Kier molecular flexibility index (Phi) is 5.29. The summed E-state index contributed by atoms with van der Waals surface area (Å²) in [5.41, 5.74) is 2.34. The highest BCUT2D eigenvalue weighted by atomic mass is 16.2.